The highest BCUT2D eigenvalue weighted by atomic mass is 35.5. The van der Waals surface area contributed by atoms with Crippen molar-refractivity contribution < 1.29 is 14.2 Å². The lowest BCUT2D eigenvalue weighted by atomic mass is 9.77. The molecule has 0 bridgehead atoms. The Morgan fingerprint density at radius 3 is 2.60 bits per heavy atom. The maximum absolute atomic E-state index is 6.62. The lowest BCUT2D eigenvalue weighted by Gasteiger charge is -2.36. The first-order valence-corrected chi connectivity index (χ1v) is 7.49. The van der Waals surface area contributed by atoms with Crippen molar-refractivity contribution in [1.82, 2.24) is 0 Å². The second-order valence-electron chi connectivity index (χ2n) is 5.51. The monoisotopic (exact) mass is 297 g/mol. The highest BCUT2D eigenvalue weighted by Gasteiger charge is 2.35. The molecule has 4 nitrogen and oxygen atoms in total. The van der Waals surface area contributed by atoms with Crippen molar-refractivity contribution in [3.63, 3.8) is 0 Å². The molecule has 20 heavy (non-hydrogen) atoms. The molecule has 1 aromatic rings. The molecule has 0 radical (unpaired) electrons. The second kappa shape index (κ2) is 5.34. The third-order valence-corrected chi connectivity index (χ3v) is 4.56. The van der Waals surface area contributed by atoms with E-state index in [4.69, 9.17) is 31.5 Å². The molecule has 0 aromatic heterocycles. The lowest BCUT2D eigenvalue weighted by molar-refractivity contribution is 0.169. The molecule has 0 atom stereocenters. The number of nitrogens with two attached hydrogens (primary N) is 1. The topological polar surface area (TPSA) is 53.7 Å². The lowest BCUT2D eigenvalue weighted by Crippen LogP contribution is -2.39. The standard InChI is InChI=1S/C15H20ClNO3/c1-18-13-10(15(17)5-3-2-4-6-15)9-11-14(12(13)16)20-8-7-19-11/h9H,2-8,17H2,1H3. The Hall–Kier alpha value is -1.13. The van der Waals surface area contributed by atoms with E-state index in [1.165, 1.54) is 6.42 Å². The van der Waals surface area contributed by atoms with Crippen LogP contribution in [-0.2, 0) is 5.54 Å². The quantitative estimate of drug-likeness (QED) is 0.910. The zero-order chi connectivity index (χ0) is 14.2. The predicted octanol–water partition coefficient (Wildman–Crippen LogP) is 3.24. The maximum Gasteiger partial charge on any atom is 0.183 e. The Labute approximate surface area is 124 Å². The van der Waals surface area contributed by atoms with Crippen LogP contribution in [-0.4, -0.2) is 20.3 Å². The summed E-state index contributed by atoms with van der Waals surface area (Å²) >= 11 is 6.43. The van der Waals surface area contributed by atoms with E-state index in [2.05, 4.69) is 0 Å². The largest absolute Gasteiger partial charge is 0.495 e. The van der Waals surface area contributed by atoms with Gasteiger partial charge in [-0.3, -0.25) is 0 Å². The van der Waals surface area contributed by atoms with Gasteiger partial charge in [-0.05, 0) is 18.9 Å². The number of halogens is 1. The molecule has 0 spiro atoms. The minimum absolute atomic E-state index is 0.386. The van der Waals surface area contributed by atoms with Gasteiger partial charge in [-0.15, -0.1) is 0 Å². The average molecular weight is 298 g/mol. The minimum atomic E-state index is -0.386. The first kappa shape index (κ1) is 13.8. The van der Waals surface area contributed by atoms with Crippen LogP contribution in [0.2, 0.25) is 5.02 Å². The van der Waals surface area contributed by atoms with Crippen molar-refractivity contribution in [2.45, 2.75) is 37.6 Å². The number of hydrogen-bond acceptors (Lipinski definition) is 4. The van der Waals surface area contributed by atoms with Crippen LogP contribution >= 0.6 is 11.6 Å². The summed E-state index contributed by atoms with van der Waals surface area (Å²) in [5.74, 6) is 1.87. The number of rotatable bonds is 2. The summed E-state index contributed by atoms with van der Waals surface area (Å²) in [6.45, 7) is 1.04. The number of methoxy groups -OCH3 is 1. The summed E-state index contributed by atoms with van der Waals surface area (Å²) in [6.07, 6.45) is 5.38. The summed E-state index contributed by atoms with van der Waals surface area (Å²) in [6, 6.07) is 1.95. The van der Waals surface area contributed by atoms with Crippen molar-refractivity contribution in [2.24, 2.45) is 5.73 Å². The van der Waals surface area contributed by atoms with Gasteiger partial charge in [-0.25, -0.2) is 0 Å². The van der Waals surface area contributed by atoms with E-state index in [0.29, 0.717) is 35.5 Å². The molecule has 110 valence electrons. The SMILES string of the molecule is COc1c(C2(N)CCCCC2)cc2c(c1Cl)OCCO2. The molecule has 3 rings (SSSR count). The van der Waals surface area contributed by atoms with Gasteiger partial charge < -0.3 is 19.9 Å². The molecule has 1 aromatic carbocycles. The minimum Gasteiger partial charge on any atom is -0.495 e. The number of fused-ring (bicyclic) bond motifs is 1. The van der Waals surface area contributed by atoms with Crippen LogP contribution in [0.1, 0.15) is 37.7 Å². The Morgan fingerprint density at radius 1 is 1.20 bits per heavy atom. The predicted molar refractivity (Wildman–Crippen MR) is 77.9 cm³/mol. The van der Waals surface area contributed by atoms with Gasteiger partial charge in [0.05, 0.1) is 7.11 Å². The zero-order valence-electron chi connectivity index (χ0n) is 11.7. The number of ether oxygens (including phenoxy) is 3. The van der Waals surface area contributed by atoms with E-state index in [1.807, 2.05) is 6.07 Å². The Balaban J connectivity index is 2.11. The summed E-state index contributed by atoms with van der Waals surface area (Å²) < 4.78 is 16.8. The molecule has 0 saturated heterocycles. The highest BCUT2D eigenvalue weighted by molar-refractivity contribution is 6.34. The fourth-order valence-corrected chi connectivity index (χ4v) is 3.48. The number of benzene rings is 1. The van der Waals surface area contributed by atoms with E-state index in [9.17, 15) is 0 Å². The Bertz CT molecular complexity index is 512. The van der Waals surface area contributed by atoms with Crippen molar-refractivity contribution in [3.8, 4) is 17.2 Å². The van der Waals surface area contributed by atoms with E-state index in [0.717, 1.165) is 31.2 Å². The summed E-state index contributed by atoms with van der Waals surface area (Å²) in [7, 11) is 1.62. The first-order valence-electron chi connectivity index (χ1n) is 7.11. The molecule has 0 unspecified atom stereocenters. The van der Waals surface area contributed by atoms with Gasteiger partial charge in [0, 0.05) is 11.1 Å². The molecule has 2 aliphatic rings. The van der Waals surface area contributed by atoms with Crippen molar-refractivity contribution in [2.75, 3.05) is 20.3 Å². The van der Waals surface area contributed by atoms with Gasteiger partial charge in [0.1, 0.15) is 24.0 Å². The molecule has 0 amide bonds. The van der Waals surface area contributed by atoms with Gasteiger partial charge in [-0.2, -0.15) is 0 Å². The molecule has 1 heterocycles. The van der Waals surface area contributed by atoms with Crippen LogP contribution in [0.5, 0.6) is 17.2 Å². The third-order valence-electron chi connectivity index (χ3n) is 4.22. The van der Waals surface area contributed by atoms with Crippen molar-refractivity contribution in [3.05, 3.63) is 16.7 Å². The van der Waals surface area contributed by atoms with Crippen LogP contribution in [0.3, 0.4) is 0 Å². The molecular formula is C15H20ClNO3. The second-order valence-corrected chi connectivity index (χ2v) is 5.89. The van der Waals surface area contributed by atoms with E-state index in [-0.39, 0.29) is 5.54 Å². The van der Waals surface area contributed by atoms with Crippen molar-refractivity contribution in [1.29, 1.82) is 0 Å². The molecule has 1 aliphatic carbocycles. The molecular weight excluding hydrogens is 278 g/mol. The smallest absolute Gasteiger partial charge is 0.183 e. The van der Waals surface area contributed by atoms with Crippen LogP contribution in [0.15, 0.2) is 6.07 Å². The van der Waals surface area contributed by atoms with Crippen LogP contribution in [0, 0.1) is 0 Å². The van der Waals surface area contributed by atoms with Gasteiger partial charge in [0.15, 0.2) is 11.5 Å². The van der Waals surface area contributed by atoms with Crippen LogP contribution < -0.4 is 19.9 Å². The fourth-order valence-electron chi connectivity index (χ4n) is 3.15. The van der Waals surface area contributed by atoms with E-state index >= 15 is 0 Å². The zero-order valence-corrected chi connectivity index (χ0v) is 12.5. The molecule has 1 saturated carbocycles. The summed E-state index contributed by atoms with van der Waals surface area (Å²) in [5.41, 5.74) is 7.18. The first-order chi connectivity index (χ1) is 9.65. The molecule has 5 heteroatoms. The van der Waals surface area contributed by atoms with Crippen molar-refractivity contribution >= 4 is 11.6 Å². The molecule has 1 aliphatic heterocycles. The van der Waals surface area contributed by atoms with Gasteiger partial charge in [-0.1, -0.05) is 30.9 Å². The van der Waals surface area contributed by atoms with Crippen LogP contribution in [0.25, 0.3) is 0 Å². The van der Waals surface area contributed by atoms with E-state index in [1.54, 1.807) is 7.11 Å². The van der Waals surface area contributed by atoms with Gasteiger partial charge >= 0.3 is 0 Å². The average Bonchev–Trinajstić information content (AvgIpc) is 2.48. The maximum atomic E-state index is 6.62. The summed E-state index contributed by atoms with van der Waals surface area (Å²) in [4.78, 5) is 0. The highest BCUT2D eigenvalue weighted by Crippen LogP contribution is 2.50. The van der Waals surface area contributed by atoms with Crippen LogP contribution in [0.4, 0.5) is 0 Å². The van der Waals surface area contributed by atoms with Gasteiger partial charge in [0.2, 0.25) is 0 Å². The fraction of sp³-hybridized carbons (Fsp3) is 0.600. The Kier molecular flexibility index (Phi) is 3.69. The van der Waals surface area contributed by atoms with Gasteiger partial charge in [0.25, 0.3) is 0 Å². The Morgan fingerprint density at radius 2 is 1.90 bits per heavy atom. The molecule has 2 N–H and O–H groups in total. The number of hydrogen-bond donors (Lipinski definition) is 1. The third kappa shape index (κ3) is 2.21. The summed E-state index contributed by atoms with van der Waals surface area (Å²) in [5, 5.41) is 0.468. The molecule has 1 fully saturated rings. The normalized spacial score (nSPS) is 20.6. The van der Waals surface area contributed by atoms with E-state index < -0.39 is 0 Å².